The molecule has 2 aliphatic rings. The van der Waals surface area contributed by atoms with E-state index in [0.717, 1.165) is 25.1 Å². The Kier molecular flexibility index (Phi) is 7.23. The van der Waals surface area contributed by atoms with Crippen molar-refractivity contribution in [3.63, 3.8) is 0 Å². The third-order valence-corrected chi connectivity index (χ3v) is 5.11. The number of hydrogen-bond donors (Lipinski definition) is 1. The summed E-state index contributed by atoms with van der Waals surface area (Å²) in [5, 5.41) is 3.72. The van der Waals surface area contributed by atoms with E-state index in [0.29, 0.717) is 6.10 Å². The Labute approximate surface area is 119 Å². The van der Waals surface area contributed by atoms with Crippen molar-refractivity contribution in [1.82, 2.24) is 5.32 Å². The van der Waals surface area contributed by atoms with Crippen molar-refractivity contribution in [2.45, 2.75) is 89.7 Å². The maximum Gasteiger partial charge on any atom is 0.0594 e. The van der Waals surface area contributed by atoms with Gasteiger partial charge in [-0.05, 0) is 38.0 Å². The first-order valence-corrected chi connectivity index (χ1v) is 8.73. The van der Waals surface area contributed by atoms with Crippen LogP contribution in [0.4, 0.5) is 0 Å². The minimum Gasteiger partial charge on any atom is -0.377 e. The molecule has 0 saturated heterocycles. The van der Waals surface area contributed by atoms with E-state index in [1.165, 1.54) is 70.6 Å². The highest BCUT2D eigenvalue weighted by molar-refractivity contribution is 4.74. The third-order valence-electron chi connectivity index (χ3n) is 5.11. The van der Waals surface area contributed by atoms with E-state index < -0.39 is 0 Å². The van der Waals surface area contributed by atoms with E-state index in [-0.39, 0.29) is 0 Å². The Morgan fingerprint density at radius 2 is 1.74 bits per heavy atom. The minimum absolute atomic E-state index is 0.564. The molecule has 2 unspecified atom stereocenters. The van der Waals surface area contributed by atoms with Crippen molar-refractivity contribution in [2.24, 2.45) is 5.92 Å². The van der Waals surface area contributed by atoms with Crippen LogP contribution in [-0.2, 0) is 4.74 Å². The summed E-state index contributed by atoms with van der Waals surface area (Å²) < 4.78 is 5.99. The largest absolute Gasteiger partial charge is 0.377 e. The fourth-order valence-corrected chi connectivity index (χ4v) is 3.71. The molecule has 0 amide bonds. The van der Waals surface area contributed by atoms with Gasteiger partial charge in [0.25, 0.3) is 0 Å². The molecule has 0 aromatic carbocycles. The topological polar surface area (TPSA) is 21.3 Å². The molecule has 2 atom stereocenters. The quantitative estimate of drug-likeness (QED) is 0.573. The van der Waals surface area contributed by atoms with Crippen molar-refractivity contribution < 1.29 is 4.74 Å². The molecule has 0 aromatic rings. The maximum atomic E-state index is 5.99. The molecule has 0 aliphatic heterocycles. The van der Waals surface area contributed by atoms with Crippen LogP contribution >= 0.6 is 0 Å². The van der Waals surface area contributed by atoms with Gasteiger partial charge in [0.1, 0.15) is 0 Å². The van der Waals surface area contributed by atoms with Crippen LogP contribution in [-0.4, -0.2) is 25.3 Å². The Bertz CT molecular complexity index is 225. The fourth-order valence-electron chi connectivity index (χ4n) is 3.71. The second kappa shape index (κ2) is 8.97. The molecule has 0 bridgehead atoms. The zero-order valence-electron chi connectivity index (χ0n) is 12.8. The van der Waals surface area contributed by atoms with Gasteiger partial charge in [-0.1, -0.05) is 45.4 Å². The molecule has 2 nitrogen and oxygen atoms in total. The molecule has 19 heavy (non-hydrogen) atoms. The summed E-state index contributed by atoms with van der Waals surface area (Å²) in [4.78, 5) is 0. The fraction of sp³-hybridized carbons (Fsp3) is 1.00. The van der Waals surface area contributed by atoms with Crippen molar-refractivity contribution in [3.8, 4) is 0 Å². The van der Waals surface area contributed by atoms with Crippen molar-refractivity contribution in [3.05, 3.63) is 0 Å². The van der Waals surface area contributed by atoms with E-state index in [9.17, 15) is 0 Å². The molecule has 2 rings (SSSR count). The average molecular weight is 267 g/mol. The molecular formula is C17H33NO. The van der Waals surface area contributed by atoms with Gasteiger partial charge < -0.3 is 10.1 Å². The van der Waals surface area contributed by atoms with Crippen molar-refractivity contribution >= 4 is 0 Å². The normalized spacial score (nSPS) is 30.2. The summed E-state index contributed by atoms with van der Waals surface area (Å²) in [5.74, 6) is 0.991. The summed E-state index contributed by atoms with van der Waals surface area (Å²) in [6.07, 6.45) is 15.7. The molecule has 112 valence electrons. The maximum absolute atomic E-state index is 5.99. The van der Waals surface area contributed by atoms with E-state index in [4.69, 9.17) is 4.74 Å². The van der Waals surface area contributed by atoms with Gasteiger partial charge in [-0.15, -0.1) is 0 Å². The molecule has 2 aliphatic carbocycles. The summed E-state index contributed by atoms with van der Waals surface area (Å²) in [6.45, 7) is 4.31. The van der Waals surface area contributed by atoms with E-state index >= 15 is 0 Å². The lowest BCUT2D eigenvalue weighted by atomic mass is 9.98. The Balaban J connectivity index is 1.52. The predicted molar refractivity (Wildman–Crippen MR) is 81.5 cm³/mol. The standard InChI is InChI=1S/C17H33NO/c1-2-15-7-6-8-16(12-11-15)18-13-14-19-17-9-4-3-5-10-17/h15-18H,2-14H2,1H3. The zero-order chi connectivity index (χ0) is 13.3. The number of rotatable bonds is 6. The van der Waals surface area contributed by atoms with Crippen LogP contribution in [0, 0.1) is 5.92 Å². The van der Waals surface area contributed by atoms with Gasteiger partial charge in [0.2, 0.25) is 0 Å². The van der Waals surface area contributed by atoms with Crippen LogP contribution in [0.3, 0.4) is 0 Å². The molecule has 2 fully saturated rings. The number of nitrogens with one attached hydrogen (secondary N) is 1. The van der Waals surface area contributed by atoms with E-state index in [1.807, 2.05) is 0 Å². The molecule has 0 heterocycles. The zero-order valence-corrected chi connectivity index (χ0v) is 12.8. The Morgan fingerprint density at radius 1 is 0.895 bits per heavy atom. The molecule has 0 aromatic heterocycles. The highest BCUT2D eigenvalue weighted by Crippen LogP contribution is 2.25. The van der Waals surface area contributed by atoms with Crippen molar-refractivity contribution in [2.75, 3.05) is 13.2 Å². The highest BCUT2D eigenvalue weighted by atomic mass is 16.5. The second-order valence-electron chi connectivity index (χ2n) is 6.56. The Hall–Kier alpha value is -0.0800. The van der Waals surface area contributed by atoms with Gasteiger partial charge >= 0.3 is 0 Å². The van der Waals surface area contributed by atoms with Crippen LogP contribution in [0.1, 0.15) is 77.6 Å². The lowest BCUT2D eigenvalue weighted by Crippen LogP contribution is -2.32. The average Bonchev–Trinajstić information content (AvgIpc) is 2.70. The first-order chi connectivity index (χ1) is 9.38. The van der Waals surface area contributed by atoms with E-state index in [2.05, 4.69) is 12.2 Å². The molecule has 0 radical (unpaired) electrons. The van der Waals surface area contributed by atoms with Crippen LogP contribution in [0.5, 0.6) is 0 Å². The first kappa shape index (κ1) is 15.3. The predicted octanol–water partition coefficient (Wildman–Crippen LogP) is 4.28. The molecular weight excluding hydrogens is 234 g/mol. The van der Waals surface area contributed by atoms with Crippen LogP contribution in [0.15, 0.2) is 0 Å². The molecule has 1 N–H and O–H groups in total. The Morgan fingerprint density at radius 3 is 2.53 bits per heavy atom. The van der Waals surface area contributed by atoms with Crippen molar-refractivity contribution in [1.29, 1.82) is 0 Å². The highest BCUT2D eigenvalue weighted by Gasteiger charge is 2.17. The summed E-state index contributed by atoms with van der Waals surface area (Å²) in [7, 11) is 0. The van der Waals surface area contributed by atoms with Crippen LogP contribution < -0.4 is 5.32 Å². The number of hydrogen-bond acceptors (Lipinski definition) is 2. The molecule has 2 heteroatoms. The van der Waals surface area contributed by atoms with E-state index in [1.54, 1.807) is 0 Å². The molecule has 2 saturated carbocycles. The van der Waals surface area contributed by atoms with Crippen LogP contribution in [0.25, 0.3) is 0 Å². The minimum atomic E-state index is 0.564. The lowest BCUT2D eigenvalue weighted by molar-refractivity contribution is 0.0292. The van der Waals surface area contributed by atoms with Gasteiger partial charge in [-0.3, -0.25) is 0 Å². The lowest BCUT2D eigenvalue weighted by Gasteiger charge is -2.23. The third kappa shape index (κ3) is 5.83. The SMILES string of the molecule is CCC1CCCC(NCCOC2CCCCC2)CC1. The van der Waals surface area contributed by atoms with Gasteiger partial charge in [-0.25, -0.2) is 0 Å². The summed E-state index contributed by atoms with van der Waals surface area (Å²) in [5.41, 5.74) is 0. The summed E-state index contributed by atoms with van der Waals surface area (Å²) >= 11 is 0. The van der Waals surface area contributed by atoms with Gasteiger partial charge in [0.05, 0.1) is 12.7 Å². The van der Waals surface area contributed by atoms with Crippen LogP contribution in [0.2, 0.25) is 0 Å². The molecule has 0 spiro atoms. The van der Waals surface area contributed by atoms with Gasteiger partial charge in [0, 0.05) is 12.6 Å². The van der Waals surface area contributed by atoms with Gasteiger partial charge in [-0.2, -0.15) is 0 Å². The first-order valence-electron chi connectivity index (χ1n) is 8.73. The smallest absolute Gasteiger partial charge is 0.0594 e. The van der Waals surface area contributed by atoms with Gasteiger partial charge in [0.15, 0.2) is 0 Å². The summed E-state index contributed by atoms with van der Waals surface area (Å²) in [6, 6.07) is 0.756. The second-order valence-corrected chi connectivity index (χ2v) is 6.56. The monoisotopic (exact) mass is 267 g/mol. The number of ether oxygens (including phenoxy) is 1.